The van der Waals surface area contributed by atoms with Crippen molar-refractivity contribution >= 4 is 11.0 Å². The van der Waals surface area contributed by atoms with E-state index < -0.39 is 0 Å². The highest BCUT2D eigenvalue weighted by Crippen LogP contribution is 2.25. The lowest BCUT2D eigenvalue weighted by atomic mass is 10.1. The fourth-order valence-corrected chi connectivity index (χ4v) is 3.24. The molecule has 4 nitrogen and oxygen atoms in total. The number of hydrogen-bond donors (Lipinski definition) is 1. The van der Waals surface area contributed by atoms with Gasteiger partial charge in [0.2, 0.25) is 0 Å². The minimum absolute atomic E-state index is 0.415. The predicted molar refractivity (Wildman–Crippen MR) is 85.3 cm³/mol. The molecule has 0 saturated carbocycles. The second-order valence-corrected chi connectivity index (χ2v) is 6.19. The molecule has 1 fully saturated rings. The summed E-state index contributed by atoms with van der Waals surface area (Å²) >= 11 is 0. The molecule has 1 aliphatic rings. The van der Waals surface area contributed by atoms with E-state index in [1.54, 1.807) is 0 Å². The van der Waals surface area contributed by atoms with Crippen LogP contribution < -0.4 is 5.73 Å². The molecule has 0 spiro atoms. The standard InChI is InChI=1S/C17H25N3O/c1-12(2)20-16-7-5-13(11-18)10-15(16)19-17(20)8-6-14-4-3-9-21-14/h5,7,10,12,14H,3-4,6,8-9,11,18H2,1-2H3. The fraction of sp³-hybridized carbons (Fsp3) is 0.588. The molecule has 1 atom stereocenters. The maximum atomic E-state index is 5.74. The highest BCUT2D eigenvalue weighted by atomic mass is 16.5. The van der Waals surface area contributed by atoms with Gasteiger partial charge in [0.1, 0.15) is 5.82 Å². The monoisotopic (exact) mass is 287 g/mol. The number of nitrogens with zero attached hydrogens (tertiary/aromatic N) is 2. The maximum Gasteiger partial charge on any atom is 0.110 e. The summed E-state index contributed by atoms with van der Waals surface area (Å²) in [6.07, 6.45) is 4.87. The normalized spacial score (nSPS) is 19.0. The quantitative estimate of drug-likeness (QED) is 0.919. The summed E-state index contributed by atoms with van der Waals surface area (Å²) in [7, 11) is 0. The van der Waals surface area contributed by atoms with Crippen LogP contribution in [0.1, 0.15) is 50.5 Å². The van der Waals surface area contributed by atoms with Crippen molar-refractivity contribution in [1.82, 2.24) is 9.55 Å². The minimum atomic E-state index is 0.415. The molecular weight excluding hydrogens is 262 g/mol. The van der Waals surface area contributed by atoms with E-state index in [1.165, 1.54) is 24.2 Å². The Morgan fingerprint density at radius 2 is 2.29 bits per heavy atom. The molecule has 2 N–H and O–H groups in total. The highest BCUT2D eigenvalue weighted by Gasteiger charge is 2.18. The van der Waals surface area contributed by atoms with E-state index in [2.05, 4.69) is 36.6 Å². The third-order valence-corrected chi connectivity index (χ3v) is 4.29. The van der Waals surface area contributed by atoms with Gasteiger partial charge in [-0.1, -0.05) is 6.07 Å². The molecule has 1 saturated heterocycles. The van der Waals surface area contributed by atoms with Gasteiger partial charge in [0.25, 0.3) is 0 Å². The van der Waals surface area contributed by atoms with E-state index >= 15 is 0 Å². The lowest BCUT2D eigenvalue weighted by Crippen LogP contribution is -2.11. The van der Waals surface area contributed by atoms with Crippen LogP contribution in [-0.4, -0.2) is 22.3 Å². The van der Waals surface area contributed by atoms with E-state index in [0.717, 1.165) is 30.5 Å². The molecule has 1 unspecified atom stereocenters. The van der Waals surface area contributed by atoms with Crippen LogP contribution in [0.2, 0.25) is 0 Å². The average Bonchev–Trinajstić information content (AvgIpc) is 3.10. The molecule has 0 aliphatic carbocycles. The third kappa shape index (κ3) is 2.97. The first kappa shape index (κ1) is 14.5. The third-order valence-electron chi connectivity index (χ3n) is 4.29. The summed E-state index contributed by atoms with van der Waals surface area (Å²) in [6.45, 7) is 5.92. The molecule has 2 aromatic rings. The average molecular weight is 287 g/mol. The SMILES string of the molecule is CC(C)n1c(CCC2CCCO2)nc2cc(CN)ccc21. The van der Waals surface area contributed by atoms with Crippen LogP contribution in [0.4, 0.5) is 0 Å². The number of ether oxygens (including phenoxy) is 1. The van der Waals surface area contributed by atoms with Crippen LogP contribution >= 0.6 is 0 Å². The van der Waals surface area contributed by atoms with Crippen LogP contribution in [0.25, 0.3) is 11.0 Å². The summed E-state index contributed by atoms with van der Waals surface area (Å²) in [5.74, 6) is 1.17. The van der Waals surface area contributed by atoms with Gasteiger partial charge in [-0.2, -0.15) is 0 Å². The molecular formula is C17H25N3O. The molecule has 3 rings (SSSR count). The molecule has 0 amide bonds. The van der Waals surface area contributed by atoms with E-state index in [4.69, 9.17) is 15.5 Å². The van der Waals surface area contributed by atoms with E-state index in [9.17, 15) is 0 Å². The Labute approximate surface area is 126 Å². The number of benzene rings is 1. The van der Waals surface area contributed by atoms with Crippen LogP contribution in [0.5, 0.6) is 0 Å². The fourth-order valence-electron chi connectivity index (χ4n) is 3.24. The zero-order valence-corrected chi connectivity index (χ0v) is 13.0. The number of fused-ring (bicyclic) bond motifs is 1. The number of aromatic nitrogens is 2. The molecule has 0 bridgehead atoms. The van der Waals surface area contributed by atoms with Crippen molar-refractivity contribution in [2.45, 2.75) is 58.2 Å². The summed E-state index contributed by atoms with van der Waals surface area (Å²) < 4.78 is 8.08. The Morgan fingerprint density at radius 3 is 2.95 bits per heavy atom. The Bertz CT molecular complexity index is 612. The molecule has 1 aliphatic heterocycles. The van der Waals surface area contributed by atoms with Crippen LogP contribution in [0.15, 0.2) is 18.2 Å². The number of rotatable bonds is 5. The van der Waals surface area contributed by atoms with Crippen molar-refractivity contribution in [1.29, 1.82) is 0 Å². The van der Waals surface area contributed by atoms with Crippen molar-refractivity contribution in [2.75, 3.05) is 6.61 Å². The number of nitrogens with two attached hydrogens (primary N) is 1. The van der Waals surface area contributed by atoms with Gasteiger partial charge < -0.3 is 15.0 Å². The van der Waals surface area contributed by atoms with Crippen LogP contribution in [-0.2, 0) is 17.7 Å². The Hall–Kier alpha value is -1.39. The molecule has 2 heterocycles. The first-order valence-corrected chi connectivity index (χ1v) is 8.00. The van der Waals surface area contributed by atoms with E-state index in [-0.39, 0.29) is 0 Å². The van der Waals surface area contributed by atoms with Crippen molar-refractivity contribution < 1.29 is 4.74 Å². The zero-order valence-electron chi connectivity index (χ0n) is 13.0. The van der Waals surface area contributed by atoms with Gasteiger partial charge in [0.05, 0.1) is 17.1 Å². The van der Waals surface area contributed by atoms with Crippen molar-refractivity contribution in [3.8, 4) is 0 Å². The maximum absolute atomic E-state index is 5.74. The van der Waals surface area contributed by atoms with Crippen molar-refractivity contribution in [2.24, 2.45) is 5.73 Å². The lowest BCUT2D eigenvalue weighted by Gasteiger charge is -2.14. The second-order valence-electron chi connectivity index (χ2n) is 6.19. The predicted octanol–water partition coefficient (Wildman–Crippen LogP) is 3.19. The largest absolute Gasteiger partial charge is 0.378 e. The molecule has 4 heteroatoms. The van der Waals surface area contributed by atoms with Gasteiger partial charge in [-0.3, -0.25) is 0 Å². The molecule has 0 radical (unpaired) electrons. The smallest absolute Gasteiger partial charge is 0.110 e. The molecule has 1 aromatic heterocycles. The first-order valence-electron chi connectivity index (χ1n) is 8.00. The summed E-state index contributed by atoms with van der Waals surface area (Å²) in [4.78, 5) is 4.86. The molecule has 114 valence electrons. The Morgan fingerprint density at radius 1 is 1.43 bits per heavy atom. The van der Waals surface area contributed by atoms with Crippen LogP contribution in [0.3, 0.4) is 0 Å². The second kappa shape index (κ2) is 6.16. The van der Waals surface area contributed by atoms with Crippen LogP contribution in [0, 0.1) is 0 Å². The number of aryl methyl sites for hydroxylation is 1. The van der Waals surface area contributed by atoms with Gasteiger partial charge in [-0.25, -0.2) is 4.98 Å². The summed E-state index contributed by atoms with van der Waals surface area (Å²) in [5, 5.41) is 0. The highest BCUT2D eigenvalue weighted by molar-refractivity contribution is 5.77. The Balaban J connectivity index is 1.90. The van der Waals surface area contributed by atoms with Gasteiger partial charge >= 0.3 is 0 Å². The first-order chi connectivity index (χ1) is 10.2. The van der Waals surface area contributed by atoms with Gasteiger partial charge in [0, 0.05) is 25.6 Å². The minimum Gasteiger partial charge on any atom is -0.378 e. The summed E-state index contributed by atoms with van der Waals surface area (Å²) in [6, 6.07) is 6.79. The van der Waals surface area contributed by atoms with E-state index in [1.807, 2.05) is 0 Å². The number of hydrogen-bond acceptors (Lipinski definition) is 3. The van der Waals surface area contributed by atoms with E-state index in [0.29, 0.717) is 18.7 Å². The summed E-state index contributed by atoms with van der Waals surface area (Å²) in [5.41, 5.74) is 9.15. The molecule has 21 heavy (non-hydrogen) atoms. The Kier molecular flexibility index (Phi) is 4.27. The van der Waals surface area contributed by atoms with Crippen molar-refractivity contribution in [3.63, 3.8) is 0 Å². The lowest BCUT2D eigenvalue weighted by molar-refractivity contribution is 0.104. The van der Waals surface area contributed by atoms with Gasteiger partial charge in [-0.15, -0.1) is 0 Å². The van der Waals surface area contributed by atoms with Gasteiger partial charge in [0.15, 0.2) is 0 Å². The zero-order chi connectivity index (χ0) is 14.8. The molecule has 1 aromatic carbocycles. The van der Waals surface area contributed by atoms with Gasteiger partial charge in [-0.05, 0) is 50.8 Å². The topological polar surface area (TPSA) is 53.1 Å². The number of imidazole rings is 1. The van der Waals surface area contributed by atoms with Crippen molar-refractivity contribution in [3.05, 3.63) is 29.6 Å².